The zero-order valence-electron chi connectivity index (χ0n) is 19.1. The van der Waals surface area contributed by atoms with Crippen LogP contribution in [0.2, 0.25) is 0 Å². The van der Waals surface area contributed by atoms with Gasteiger partial charge in [-0.2, -0.15) is 0 Å². The predicted octanol–water partition coefficient (Wildman–Crippen LogP) is 4.95. The van der Waals surface area contributed by atoms with Gasteiger partial charge in [-0.15, -0.1) is 10.8 Å². The van der Waals surface area contributed by atoms with E-state index in [0.717, 1.165) is 17.6 Å². The summed E-state index contributed by atoms with van der Waals surface area (Å²) in [6.07, 6.45) is 0.112. The molecule has 0 aliphatic carbocycles. The molecule has 1 unspecified atom stereocenters. The van der Waals surface area contributed by atoms with E-state index in [4.69, 9.17) is 0 Å². The van der Waals surface area contributed by atoms with E-state index in [1.165, 1.54) is 12.1 Å². The van der Waals surface area contributed by atoms with Gasteiger partial charge in [0.2, 0.25) is 15.9 Å². The molecule has 5 N–H and O–H groups in total. The summed E-state index contributed by atoms with van der Waals surface area (Å²) < 4.78 is 66.0. The van der Waals surface area contributed by atoms with Crippen molar-refractivity contribution in [2.45, 2.75) is 29.0 Å². The first-order chi connectivity index (χ1) is 17.5. The molecule has 13 heteroatoms. The topological polar surface area (TPSA) is 144 Å². The molecule has 0 bridgehead atoms. The second kappa shape index (κ2) is 9.82. The number of amides is 1. The van der Waals surface area contributed by atoms with Crippen LogP contribution in [0.1, 0.15) is 34.7 Å². The minimum absolute atomic E-state index is 0.0602. The molecule has 2 heterocycles. The zero-order chi connectivity index (χ0) is 26.4. The van der Waals surface area contributed by atoms with E-state index in [1.54, 1.807) is 24.3 Å². The van der Waals surface area contributed by atoms with Gasteiger partial charge >= 0.3 is 0 Å². The minimum Gasteiger partial charge on any atom is -0.341 e. The molecule has 1 fully saturated rings. The highest BCUT2D eigenvalue weighted by molar-refractivity contribution is 9.10. The molecule has 2 atom stereocenters. The van der Waals surface area contributed by atoms with Crippen molar-refractivity contribution in [3.8, 4) is 0 Å². The number of nitrogens with one attached hydrogen (secondary N) is 3. The number of benzene rings is 3. The molecule has 9 nitrogen and oxygen atoms in total. The van der Waals surface area contributed by atoms with E-state index < -0.39 is 43.8 Å². The van der Waals surface area contributed by atoms with Crippen molar-refractivity contribution in [1.82, 2.24) is 19.4 Å². The fraction of sp³-hybridized carbons (Fsp3) is 0.167. The Kier molecular flexibility index (Phi) is 6.85. The summed E-state index contributed by atoms with van der Waals surface area (Å²) in [5.41, 5.74) is 2.64. The predicted molar refractivity (Wildman–Crippen MR) is 142 cm³/mol. The van der Waals surface area contributed by atoms with Crippen LogP contribution >= 0.6 is 26.7 Å². The van der Waals surface area contributed by atoms with Gasteiger partial charge in [0.25, 0.3) is 0 Å². The number of aromatic amines is 1. The third-order valence-corrected chi connectivity index (χ3v) is 9.92. The van der Waals surface area contributed by atoms with E-state index in [2.05, 4.69) is 35.3 Å². The van der Waals surface area contributed by atoms with Gasteiger partial charge in [0, 0.05) is 4.47 Å². The van der Waals surface area contributed by atoms with Crippen molar-refractivity contribution < 1.29 is 26.7 Å². The number of sulfonamides is 1. The Bertz CT molecular complexity index is 1580. The summed E-state index contributed by atoms with van der Waals surface area (Å²) >= 11 is 3.46. The maximum atomic E-state index is 13.8. The number of H-pyrrole nitrogens is 1. The Labute approximate surface area is 222 Å². The minimum atomic E-state index is -4.11. The molecule has 1 saturated heterocycles. The van der Waals surface area contributed by atoms with Crippen LogP contribution in [0.15, 0.2) is 76.1 Å². The number of fused-ring (bicyclic) bond motifs is 1. The average molecular weight is 609 g/mol. The number of imidazole rings is 1. The van der Waals surface area contributed by atoms with Gasteiger partial charge in [0.15, 0.2) is 0 Å². The van der Waals surface area contributed by atoms with Gasteiger partial charge in [-0.05, 0) is 53.9 Å². The van der Waals surface area contributed by atoms with Crippen LogP contribution < -0.4 is 9.44 Å². The SMILES string of the molecule is O=C1CC(c2ccc(C[C@H](NS(=O)(=O)c3cccc(F)c3)c3nc4ccccc4[nH]3)cc2Br)S(O)(O)N1. The Hall–Kier alpha value is -2.81. The fourth-order valence-corrected chi connectivity index (χ4v) is 7.86. The lowest BCUT2D eigenvalue weighted by atomic mass is 10.0. The average Bonchev–Trinajstić information content (AvgIpc) is 3.38. The lowest BCUT2D eigenvalue weighted by Crippen LogP contribution is -2.31. The number of para-hydroxylation sites is 2. The number of halogens is 2. The first-order valence-electron chi connectivity index (χ1n) is 11.1. The molecule has 1 aliphatic heterocycles. The normalized spacial score (nSPS) is 19.0. The third-order valence-electron chi connectivity index (χ3n) is 6.02. The quantitative estimate of drug-likeness (QED) is 0.201. The van der Waals surface area contributed by atoms with Crippen LogP contribution in [0.3, 0.4) is 0 Å². The van der Waals surface area contributed by atoms with Crippen molar-refractivity contribution in [3.05, 3.63) is 94.0 Å². The molecule has 194 valence electrons. The molecule has 5 rings (SSSR count). The maximum Gasteiger partial charge on any atom is 0.241 e. The molecule has 1 aromatic heterocycles. The van der Waals surface area contributed by atoms with Crippen molar-refractivity contribution in [1.29, 1.82) is 0 Å². The van der Waals surface area contributed by atoms with E-state index in [9.17, 15) is 26.7 Å². The first-order valence-corrected chi connectivity index (χ1v) is 15.0. The number of nitrogens with zero attached hydrogens (tertiary/aromatic N) is 1. The molecule has 3 aromatic carbocycles. The molecule has 0 saturated carbocycles. The number of rotatable bonds is 7. The van der Waals surface area contributed by atoms with Crippen molar-refractivity contribution in [3.63, 3.8) is 0 Å². The molecule has 0 radical (unpaired) electrons. The summed E-state index contributed by atoms with van der Waals surface area (Å²) in [5.74, 6) is -0.743. The lowest BCUT2D eigenvalue weighted by Gasteiger charge is -2.33. The van der Waals surface area contributed by atoms with Crippen molar-refractivity contribution >= 4 is 53.7 Å². The number of aromatic nitrogens is 2. The van der Waals surface area contributed by atoms with E-state index in [-0.39, 0.29) is 17.7 Å². The van der Waals surface area contributed by atoms with Crippen LogP contribution in [0.4, 0.5) is 4.39 Å². The summed E-state index contributed by atoms with van der Waals surface area (Å²) in [6.45, 7) is 0. The zero-order valence-corrected chi connectivity index (χ0v) is 22.3. The smallest absolute Gasteiger partial charge is 0.241 e. The number of hydrogen-bond donors (Lipinski definition) is 5. The first kappa shape index (κ1) is 25.8. The second-order valence-electron chi connectivity index (χ2n) is 8.64. The van der Waals surface area contributed by atoms with Gasteiger partial charge in [-0.3, -0.25) is 18.6 Å². The second-order valence-corrected chi connectivity index (χ2v) is 13.2. The fourth-order valence-electron chi connectivity index (χ4n) is 4.27. The standard InChI is InChI=1S/C24H22BrFN4O5S2/c25-18-10-14(8-9-17(18)22-13-23(31)30-37(22,34)35)11-21(24-27-19-6-1-2-7-20(19)28-24)29-36(32,33)16-5-3-4-15(26)12-16/h1-10,12,21-22,29,34-35H,11,13H2,(H,27,28)(H,30,31)/t21-,22?/m0/s1. The van der Waals surface area contributed by atoms with Gasteiger partial charge in [-0.1, -0.05) is 46.3 Å². The molecular formula is C24H22BrFN4O5S2. The number of hydrogen-bond acceptors (Lipinski definition) is 6. The highest BCUT2D eigenvalue weighted by Crippen LogP contribution is 2.57. The molecule has 1 aliphatic rings. The highest BCUT2D eigenvalue weighted by Gasteiger charge is 2.39. The monoisotopic (exact) mass is 608 g/mol. The maximum absolute atomic E-state index is 13.8. The lowest BCUT2D eigenvalue weighted by molar-refractivity contribution is -0.118. The Morgan fingerprint density at radius 3 is 2.59 bits per heavy atom. The third kappa shape index (κ3) is 5.42. The molecule has 4 aromatic rings. The summed E-state index contributed by atoms with van der Waals surface area (Å²) in [5, 5.41) is -0.805. The van der Waals surface area contributed by atoms with Gasteiger partial charge in [-0.25, -0.2) is 22.5 Å². The van der Waals surface area contributed by atoms with Gasteiger partial charge in [0.05, 0.1) is 28.4 Å². The Balaban J connectivity index is 1.49. The molecule has 1 amide bonds. The summed E-state index contributed by atoms with van der Waals surface area (Å²) in [4.78, 5) is 19.2. The van der Waals surface area contributed by atoms with E-state index in [0.29, 0.717) is 26.9 Å². The molecular weight excluding hydrogens is 587 g/mol. The van der Waals surface area contributed by atoms with E-state index >= 15 is 0 Å². The number of carbonyl (C=O) groups excluding carboxylic acids is 1. The number of carbonyl (C=O) groups is 1. The summed E-state index contributed by atoms with van der Waals surface area (Å²) in [7, 11) is -7.44. The van der Waals surface area contributed by atoms with Crippen molar-refractivity contribution in [2.24, 2.45) is 0 Å². The van der Waals surface area contributed by atoms with Crippen LogP contribution in [-0.4, -0.2) is 33.4 Å². The largest absolute Gasteiger partial charge is 0.341 e. The molecule has 0 spiro atoms. The Morgan fingerprint density at radius 1 is 1.14 bits per heavy atom. The Morgan fingerprint density at radius 2 is 1.92 bits per heavy atom. The van der Waals surface area contributed by atoms with Gasteiger partial charge < -0.3 is 4.98 Å². The van der Waals surface area contributed by atoms with Crippen LogP contribution in [0.5, 0.6) is 0 Å². The molecule has 37 heavy (non-hydrogen) atoms. The highest BCUT2D eigenvalue weighted by atomic mass is 79.9. The van der Waals surface area contributed by atoms with Crippen LogP contribution in [0.25, 0.3) is 11.0 Å². The van der Waals surface area contributed by atoms with E-state index in [1.807, 2.05) is 18.2 Å². The van der Waals surface area contributed by atoms with Crippen LogP contribution in [-0.2, 0) is 21.2 Å². The van der Waals surface area contributed by atoms with Gasteiger partial charge in [0.1, 0.15) is 16.9 Å². The summed E-state index contributed by atoms with van der Waals surface area (Å²) in [6, 6.07) is 16.3. The van der Waals surface area contributed by atoms with Crippen molar-refractivity contribution in [2.75, 3.05) is 0 Å². The van der Waals surface area contributed by atoms with Crippen LogP contribution in [0, 0.1) is 5.82 Å².